The Hall–Kier alpha value is -2.62. The zero-order chi connectivity index (χ0) is 22.5. The first-order valence-electron chi connectivity index (χ1n) is 9.95. The smallest absolute Gasteiger partial charge is 0.380 e. The zero-order valence-corrected chi connectivity index (χ0v) is 20.3. The number of methoxy groups -OCH3 is 1. The summed E-state index contributed by atoms with van der Waals surface area (Å²) in [4.78, 5) is 12.6. The third-order valence-corrected chi connectivity index (χ3v) is 9.97. The molecule has 0 aliphatic rings. The molecule has 0 amide bonds. The fourth-order valence-corrected chi connectivity index (χ4v) is 3.45. The second-order valence-corrected chi connectivity index (χ2v) is 13.5. The molecule has 5 nitrogen and oxygen atoms in total. The van der Waals surface area contributed by atoms with Crippen LogP contribution in [0.1, 0.15) is 33.5 Å². The highest BCUT2D eigenvalue weighted by Gasteiger charge is 2.36. The van der Waals surface area contributed by atoms with Gasteiger partial charge in [0.1, 0.15) is 7.05 Å². The van der Waals surface area contributed by atoms with Crippen LogP contribution < -0.4 is 4.57 Å². The molecule has 0 aliphatic heterocycles. The van der Waals surface area contributed by atoms with Gasteiger partial charge in [0, 0.05) is 5.57 Å². The minimum absolute atomic E-state index is 0.0954. The minimum atomic E-state index is -1.90. The Labute approximate surface area is 180 Å². The molecular formula is C24H32NO4Si+. The van der Waals surface area contributed by atoms with Gasteiger partial charge in [-0.15, -0.1) is 0 Å². The van der Waals surface area contributed by atoms with Gasteiger partial charge in [0.15, 0.2) is 14.1 Å². The Bertz CT molecular complexity index is 986. The van der Waals surface area contributed by atoms with E-state index in [1.54, 1.807) is 6.92 Å². The maximum absolute atomic E-state index is 12.6. The molecule has 6 heteroatoms. The first-order chi connectivity index (χ1) is 14.0. The normalized spacial score (nSPS) is 12.7. The van der Waals surface area contributed by atoms with E-state index in [0.717, 1.165) is 5.56 Å². The highest BCUT2D eigenvalue weighted by Crippen LogP contribution is 2.36. The van der Waals surface area contributed by atoms with Gasteiger partial charge in [-0.05, 0) is 43.1 Å². The van der Waals surface area contributed by atoms with Crippen molar-refractivity contribution in [1.82, 2.24) is 0 Å². The molecule has 30 heavy (non-hydrogen) atoms. The monoisotopic (exact) mass is 426 g/mol. The second kappa shape index (κ2) is 9.46. The van der Waals surface area contributed by atoms with E-state index >= 15 is 0 Å². The van der Waals surface area contributed by atoms with Gasteiger partial charge in [-0.1, -0.05) is 44.9 Å². The van der Waals surface area contributed by atoms with Crippen molar-refractivity contribution in [3.63, 3.8) is 0 Å². The van der Waals surface area contributed by atoms with Crippen molar-refractivity contribution < 1.29 is 22.9 Å². The molecule has 0 spiro atoms. The number of ether oxygens (including phenoxy) is 1. The molecule has 0 unspecified atom stereocenters. The average molecular weight is 427 g/mol. The highest BCUT2D eigenvalue weighted by molar-refractivity contribution is 6.74. The summed E-state index contributed by atoms with van der Waals surface area (Å²) in [6, 6.07) is 9.79. The average Bonchev–Trinajstić information content (AvgIpc) is 3.07. The Kier molecular flexibility index (Phi) is 7.46. The predicted octanol–water partition coefficient (Wildman–Crippen LogP) is 4.74. The number of rotatable bonds is 6. The van der Waals surface area contributed by atoms with Crippen molar-refractivity contribution >= 4 is 19.7 Å². The van der Waals surface area contributed by atoms with Crippen molar-refractivity contribution in [2.24, 2.45) is 7.05 Å². The maximum Gasteiger partial charge on any atom is 0.380 e. The minimum Gasteiger partial charge on any atom is -0.492 e. The Morgan fingerprint density at radius 3 is 2.40 bits per heavy atom. The van der Waals surface area contributed by atoms with Gasteiger partial charge in [-0.2, -0.15) is 4.57 Å². The number of nitrogens with zero attached hydrogens (tertiary/aromatic N) is 1. The molecule has 0 aliphatic carbocycles. The lowest BCUT2D eigenvalue weighted by Crippen LogP contribution is -2.40. The topological polar surface area (TPSA) is 52.6 Å². The molecule has 1 aromatic heterocycles. The fraction of sp³-hybridized carbons (Fsp3) is 0.417. The van der Waals surface area contributed by atoms with Crippen molar-refractivity contribution in [3.05, 3.63) is 48.0 Å². The number of benzene rings is 1. The third kappa shape index (κ3) is 5.50. The molecule has 0 atom stereocenters. The van der Waals surface area contributed by atoms with Gasteiger partial charge < -0.3 is 13.6 Å². The number of Topliss-reactive ketones (excluding diaryl/α,β-unsaturated/α-hetero) is 1. The van der Waals surface area contributed by atoms with Crippen LogP contribution in [0.4, 0.5) is 0 Å². The standard InChI is InChI=1S/C24H32NO4Si/c1-18(21-17-25(5)23(29-21)19-13-10-9-11-14-19)22(27-6)20(26)15-12-16-28-30(7,8)24(2,3)4/h9-11,13-14,17H,16H2,1-8H3/q+1/b22-18+. The Morgan fingerprint density at radius 2 is 1.83 bits per heavy atom. The number of hydrogen-bond acceptors (Lipinski definition) is 4. The molecule has 0 saturated carbocycles. The first kappa shape index (κ1) is 23.7. The molecule has 0 N–H and O–H groups in total. The van der Waals surface area contributed by atoms with E-state index in [4.69, 9.17) is 13.6 Å². The van der Waals surface area contributed by atoms with E-state index in [-0.39, 0.29) is 17.4 Å². The van der Waals surface area contributed by atoms with E-state index in [0.29, 0.717) is 17.2 Å². The number of aryl methyl sites for hydroxylation is 1. The van der Waals surface area contributed by atoms with Crippen LogP contribution in [0.5, 0.6) is 0 Å². The van der Waals surface area contributed by atoms with Crippen LogP contribution in [0, 0.1) is 11.8 Å². The van der Waals surface area contributed by atoms with Crippen molar-refractivity contribution in [1.29, 1.82) is 0 Å². The molecule has 2 rings (SSSR count). The van der Waals surface area contributed by atoms with Crippen LogP contribution in [-0.2, 0) is 21.0 Å². The molecule has 2 aromatic rings. The van der Waals surface area contributed by atoms with Gasteiger partial charge >= 0.3 is 5.89 Å². The SMILES string of the molecule is CO/C(C(=O)C#CCO[Si](C)(C)C(C)(C)C)=C(\C)c1c[n+](C)c(-c2ccccc2)o1. The number of carbonyl (C=O) groups excluding carboxylic acids is 1. The van der Waals surface area contributed by atoms with E-state index < -0.39 is 14.1 Å². The summed E-state index contributed by atoms with van der Waals surface area (Å²) in [7, 11) is 1.46. The van der Waals surface area contributed by atoms with Crippen LogP contribution in [-0.4, -0.2) is 27.8 Å². The highest BCUT2D eigenvalue weighted by atomic mass is 28.4. The van der Waals surface area contributed by atoms with Crippen LogP contribution in [0.15, 0.2) is 46.7 Å². The van der Waals surface area contributed by atoms with E-state index in [2.05, 4.69) is 45.7 Å². The molecule has 1 heterocycles. The lowest BCUT2D eigenvalue weighted by Gasteiger charge is -2.35. The van der Waals surface area contributed by atoms with Gasteiger partial charge in [0.2, 0.25) is 12.0 Å². The van der Waals surface area contributed by atoms with Gasteiger partial charge in [-0.25, -0.2) is 0 Å². The summed E-state index contributed by atoms with van der Waals surface area (Å²) < 4.78 is 19.3. The van der Waals surface area contributed by atoms with Crippen molar-refractivity contribution in [2.45, 2.75) is 45.8 Å². The summed E-state index contributed by atoms with van der Waals surface area (Å²) in [6.45, 7) is 12.8. The molecule has 1 aromatic carbocycles. The summed E-state index contributed by atoms with van der Waals surface area (Å²) in [5, 5.41) is 0.0954. The Balaban J connectivity index is 2.21. The largest absolute Gasteiger partial charge is 0.492 e. The number of allylic oxidation sites excluding steroid dienone is 2. The zero-order valence-electron chi connectivity index (χ0n) is 19.3. The summed E-state index contributed by atoms with van der Waals surface area (Å²) in [5.41, 5.74) is 1.55. The van der Waals surface area contributed by atoms with Crippen LogP contribution >= 0.6 is 0 Å². The van der Waals surface area contributed by atoms with E-state index in [1.807, 2.05) is 48.1 Å². The number of ketones is 1. The molecule has 0 saturated heterocycles. The lowest BCUT2D eigenvalue weighted by atomic mass is 10.1. The summed E-state index contributed by atoms with van der Waals surface area (Å²) in [5.74, 6) is 6.51. The third-order valence-electron chi connectivity index (χ3n) is 5.49. The number of oxazole rings is 1. The summed E-state index contributed by atoms with van der Waals surface area (Å²) in [6.07, 6.45) is 1.83. The van der Waals surface area contributed by atoms with Crippen LogP contribution in [0.25, 0.3) is 17.0 Å². The number of aromatic nitrogens is 1. The van der Waals surface area contributed by atoms with Crippen molar-refractivity contribution in [3.8, 4) is 23.3 Å². The van der Waals surface area contributed by atoms with E-state index in [9.17, 15) is 4.79 Å². The molecule has 0 radical (unpaired) electrons. The molecular weight excluding hydrogens is 394 g/mol. The van der Waals surface area contributed by atoms with Crippen molar-refractivity contribution in [2.75, 3.05) is 13.7 Å². The maximum atomic E-state index is 12.6. The van der Waals surface area contributed by atoms with Crippen LogP contribution in [0.2, 0.25) is 18.1 Å². The number of hydrogen-bond donors (Lipinski definition) is 0. The van der Waals surface area contributed by atoms with Gasteiger partial charge in [-0.3, -0.25) is 4.79 Å². The van der Waals surface area contributed by atoms with Gasteiger partial charge in [0.25, 0.3) is 5.78 Å². The first-order valence-corrected chi connectivity index (χ1v) is 12.9. The quantitative estimate of drug-likeness (QED) is 0.167. The Morgan fingerprint density at radius 1 is 1.20 bits per heavy atom. The lowest BCUT2D eigenvalue weighted by molar-refractivity contribution is -0.662. The molecule has 0 bridgehead atoms. The predicted molar refractivity (Wildman–Crippen MR) is 121 cm³/mol. The summed E-state index contributed by atoms with van der Waals surface area (Å²) >= 11 is 0. The second-order valence-electron chi connectivity index (χ2n) is 8.72. The van der Waals surface area contributed by atoms with E-state index in [1.165, 1.54) is 7.11 Å². The number of carbonyl (C=O) groups is 1. The molecule has 0 fully saturated rings. The van der Waals surface area contributed by atoms with Crippen LogP contribution in [0.3, 0.4) is 0 Å². The fourth-order valence-electron chi connectivity index (χ4n) is 2.59. The molecule has 160 valence electrons. The van der Waals surface area contributed by atoms with Gasteiger partial charge in [0.05, 0.1) is 19.3 Å².